The molecule has 1 amide bonds. The summed E-state index contributed by atoms with van der Waals surface area (Å²) >= 11 is 0. The molecule has 160 valence electrons. The Morgan fingerprint density at radius 3 is 2.63 bits per heavy atom. The molecule has 0 saturated carbocycles. The van der Waals surface area contributed by atoms with Crippen LogP contribution >= 0.6 is 0 Å². The molecule has 30 heavy (non-hydrogen) atoms. The van der Waals surface area contributed by atoms with Crippen LogP contribution in [0.4, 0.5) is 0 Å². The van der Waals surface area contributed by atoms with Crippen LogP contribution in [0.1, 0.15) is 31.1 Å². The molecular weight excluding hydrogens is 386 g/mol. The van der Waals surface area contributed by atoms with Crippen LogP contribution in [0.25, 0.3) is 0 Å². The van der Waals surface area contributed by atoms with Crippen molar-refractivity contribution >= 4 is 5.91 Å². The summed E-state index contributed by atoms with van der Waals surface area (Å²) in [7, 11) is 1.55. The molecule has 2 aliphatic heterocycles. The summed E-state index contributed by atoms with van der Waals surface area (Å²) in [6.45, 7) is 5.17. The molecule has 0 aliphatic carbocycles. The van der Waals surface area contributed by atoms with E-state index in [9.17, 15) is 4.79 Å². The number of methoxy groups -OCH3 is 1. The van der Waals surface area contributed by atoms with Crippen molar-refractivity contribution in [3.8, 4) is 11.5 Å². The molecule has 4 rings (SSSR count). The van der Waals surface area contributed by atoms with E-state index in [0.29, 0.717) is 31.2 Å². The minimum absolute atomic E-state index is 0.130. The molecule has 0 N–H and O–H groups in total. The topological polar surface area (TPSA) is 66.5 Å². The molecule has 0 unspecified atom stereocenters. The van der Waals surface area contributed by atoms with E-state index >= 15 is 0 Å². The summed E-state index contributed by atoms with van der Waals surface area (Å²) in [6, 6.07) is 15.2. The maximum atomic E-state index is 13.5. The standard InChI is InChI=1S/C23H27NO6/c1-23(2)29-14-18(30-23)13-24(12-16-9-10-19-20(11-16)28-15-27-19)22(25)21(26-3)17-7-5-4-6-8-17/h4-11,18,21H,12-15H2,1-3H3/t18-,21+/m0/s1. The van der Waals surface area contributed by atoms with Crippen molar-refractivity contribution in [3.63, 3.8) is 0 Å². The third kappa shape index (κ3) is 4.59. The molecule has 0 spiro atoms. The first-order chi connectivity index (χ1) is 14.4. The van der Waals surface area contributed by atoms with E-state index in [1.54, 1.807) is 12.0 Å². The zero-order chi connectivity index (χ0) is 21.1. The van der Waals surface area contributed by atoms with Crippen LogP contribution in [-0.4, -0.2) is 49.8 Å². The maximum Gasteiger partial charge on any atom is 0.256 e. The number of nitrogens with zero attached hydrogens (tertiary/aromatic N) is 1. The number of amides is 1. The van der Waals surface area contributed by atoms with Gasteiger partial charge in [-0.2, -0.15) is 0 Å². The van der Waals surface area contributed by atoms with E-state index in [0.717, 1.165) is 11.1 Å². The molecule has 2 atom stereocenters. The number of ether oxygens (including phenoxy) is 5. The fraction of sp³-hybridized carbons (Fsp3) is 0.435. The highest BCUT2D eigenvalue weighted by molar-refractivity contribution is 5.82. The van der Waals surface area contributed by atoms with Crippen LogP contribution in [0.15, 0.2) is 48.5 Å². The summed E-state index contributed by atoms with van der Waals surface area (Å²) in [5.41, 5.74) is 1.75. The van der Waals surface area contributed by atoms with Crippen LogP contribution in [0, 0.1) is 0 Å². The van der Waals surface area contributed by atoms with Gasteiger partial charge in [-0.3, -0.25) is 4.79 Å². The molecule has 7 nitrogen and oxygen atoms in total. The Morgan fingerprint density at radius 2 is 1.93 bits per heavy atom. The number of hydrogen-bond donors (Lipinski definition) is 0. The minimum Gasteiger partial charge on any atom is -0.454 e. The zero-order valence-corrected chi connectivity index (χ0v) is 17.5. The van der Waals surface area contributed by atoms with E-state index in [1.165, 1.54) is 0 Å². The van der Waals surface area contributed by atoms with Gasteiger partial charge >= 0.3 is 0 Å². The predicted octanol–water partition coefficient (Wildman–Crippen LogP) is 3.28. The van der Waals surface area contributed by atoms with Crippen LogP contribution in [0.2, 0.25) is 0 Å². The Kier molecular flexibility index (Phi) is 5.94. The molecule has 1 saturated heterocycles. The average molecular weight is 413 g/mol. The Balaban J connectivity index is 1.57. The number of benzene rings is 2. The molecule has 2 aromatic carbocycles. The molecule has 2 aliphatic rings. The molecule has 2 heterocycles. The molecule has 2 aromatic rings. The second kappa shape index (κ2) is 8.63. The smallest absolute Gasteiger partial charge is 0.256 e. The van der Waals surface area contributed by atoms with Gasteiger partial charge < -0.3 is 28.6 Å². The fourth-order valence-corrected chi connectivity index (χ4v) is 3.76. The predicted molar refractivity (Wildman–Crippen MR) is 109 cm³/mol. The van der Waals surface area contributed by atoms with Crippen molar-refractivity contribution in [3.05, 3.63) is 59.7 Å². The third-order valence-corrected chi connectivity index (χ3v) is 5.18. The van der Waals surface area contributed by atoms with Gasteiger partial charge in [-0.05, 0) is 37.1 Å². The van der Waals surface area contributed by atoms with Gasteiger partial charge in [0.2, 0.25) is 6.79 Å². The van der Waals surface area contributed by atoms with Gasteiger partial charge in [-0.15, -0.1) is 0 Å². The van der Waals surface area contributed by atoms with E-state index in [1.807, 2.05) is 62.4 Å². The van der Waals surface area contributed by atoms with Crippen molar-refractivity contribution in [1.82, 2.24) is 4.90 Å². The second-order valence-corrected chi connectivity index (χ2v) is 7.88. The van der Waals surface area contributed by atoms with Gasteiger partial charge in [-0.25, -0.2) is 0 Å². The second-order valence-electron chi connectivity index (χ2n) is 7.88. The first-order valence-electron chi connectivity index (χ1n) is 10.0. The largest absolute Gasteiger partial charge is 0.454 e. The Hall–Kier alpha value is -2.61. The highest BCUT2D eigenvalue weighted by Gasteiger charge is 2.36. The van der Waals surface area contributed by atoms with Gasteiger partial charge in [0.1, 0.15) is 6.10 Å². The molecule has 0 radical (unpaired) electrons. The van der Waals surface area contributed by atoms with Crippen LogP contribution in [0.3, 0.4) is 0 Å². The third-order valence-electron chi connectivity index (χ3n) is 5.18. The molecule has 7 heteroatoms. The average Bonchev–Trinajstić information content (AvgIpc) is 3.34. The zero-order valence-electron chi connectivity index (χ0n) is 17.5. The van der Waals surface area contributed by atoms with E-state index in [4.69, 9.17) is 23.7 Å². The number of carbonyl (C=O) groups is 1. The highest BCUT2D eigenvalue weighted by Crippen LogP contribution is 2.33. The minimum atomic E-state index is -0.699. The lowest BCUT2D eigenvalue weighted by Crippen LogP contribution is -2.41. The van der Waals surface area contributed by atoms with Gasteiger partial charge in [0.25, 0.3) is 5.91 Å². The highest BCUT2D eigenvalue weighted by atomic mass is 16.7. The summed E-state index contributed by atoms with van der Waals surface area (Å²) in [5, 5.41) is 0. The van der Waals surface area contributed by atoms with Crippen LogP contribution < -0.4 is 9.47 Å². The normalized spacial score (nSPS) is 20.2. The Bertz CT molecular complexity index is 885. The van der Waals surface area contributed by atoms with Crippen LogP contribution in [0.5, 0.6) is 11.5 Å². The molecular formula is C23H27NO6. The van der Waals surface area contributed by atoms with Gasteiger partial charge in [0, 0.05) is 20.2 Å². The fourth-order valence-electron chi connectivity index (χ4n) is 3.76. The first-order valence-corrected chi connectivity index (χ1v) is 10.0. The van der Waals surface area contributed by atoms with Crippen molar-refractivity contribution < 1.29 is 28.5 Å². The molecule has 1 fully saturated rings. The summed E-state index contributed by atoms with van der Waals surface area (Å²) < 4.78 is 28.1. The van der Waals surface area contributed by atoms with Crippen molar-refractivity contribution in [2.24, 2.45) is 0 Å². The van der Waals surface area contributed by atoms with Crippen molar-refractivity contribution in [2.75, 3.05) is 27.1 Å². The van der Waals surface area contributed by atoms with Gasteiger partial charge in [0.05, 0.1) is 6.61 Å². The molecule has 0 bridgehead atoms. The summed E-state index contributed by atoms with van der Waals surface area (Å²) in [5.74, 6) is 0.616. The van der Waals surface area contributed by atoms with E-state index in [2.05, 4.69) is 0 Å². The number of fused-ring (bicyclic) bond motifs is 1. The Morgan fingerprint density at radius 1 is 1.17 bits per heavy atom. The SMILES string of the molecule is CO[C@@H](C(=O)N(Cc1ccc2c(c1)OCO2)C[C@H]1COC(C)(C)O1)c1ccccc1. The van der Waals surface area contributed by atoms with Crippen molar-refractivity contribution in [1.29, 1.82) is 0 Å². The number of rotatable bonds is 7. The van der Waals surface area contributed by atoms with E-state index in [-0.39, 0.29) is 18.8 Å². The first kappa shape index (κ1) is 20.7. The quantitative estimate of drug-likeness (QED) is 0.694. The summed E-state index contributed by atoms with van der Waals surface area (Å²) in [4.78, 5) is 15.3. The van der Waals surface area contributed by atoms with E-state index < -0.39 is 11.9 Å². The number of hydrogen-bond acceptors (Lipinski definition) is 6. The lowest BCUT2D eigenvalue weighted by atomic mass is 10.1. The lowest BCUT2D eigenvalue weighted by Gasteiger charge is -2.29. The lowest BCUT2D eigenvalue weighted by molar-refractivity contribution is -0.152. The number of carbonyl (C=O) groups excluding carboxylic acids is 1. The van der Waals surface area contributed by atoms with Gasteiger partial charge in [-0.1, -0.05) is 36.4 Å². The summed E-state index contributed by atoms with van der Waals surface area (Å²) in [6.07, 6.45) is -0.915. The van der Waals surface area contributed by atoms with Gasteiger partial charge in [0.15, 0.2) is 23.4 Å². The van der Waals surface area contributed by atoms with Crippen LogP contribution in [-0.2, 0) is 25.5 Å². The maximum absolute atomic E-state index is 13.5. The molecule has 0 aromatic heterocycles. The monoisotopic (exact) mass is 413 g/mol. The van der Waals surface area contributed by atoms with Crippen molar-refractivity contribution in [2.45, 2.75) is 38.4 Å². The Labute approximate surface area is 176 Å².